The first-order valence-corrected chi connectivity index (χ1v) is 4.79. The lowest BCUT2D eigenvalue weighted by molar-refractivity contribution is 0.475. The van der Waals surface area contributed by atoms with E-state index >= 15 is 0 Å². The molecule has 4 N–H and O–H groups in total. The number of phenolic OH excluding ortho intramolecular Hbond substituents is 1. The molecule has 0 saturated carbocycles. The summed E-state index contributed by atoms with van der Waals surface area (Å²) in [5, 5.41) is 16.1. The Morgan fingerprint density at radius 1 is 1.27 bits per heavy atom. The summed E-state index contributed by atoms with van der Waals surface area (Å²) in [6.07, 6.45) is 0.771. The molecule has 0 spiro atoms. The van der Waals surface area contributed by atoms with E-state index in [-0.39, 0.29) is 5.75 Å². The number of H-pyrrole nitrogens is 1. The van der Waals surface area contributed by atoms with Gasteiger partial charge < -0.3 is 10.8 Å². The minimum absolute atomic E-state index is 0.283. The molecule has 4 nitrogen and oxygen atoms in total. The number of benzene rings is 1. The molecule has 1 heterocycles. The van der Waals surface area contributed by atoms with Gasteiger partial charge in [-0.15, -0.1) is 0 Å². The summed E-state index contributed by atoms with van der Waals surface area (Å²) < 4.78 is 0. The van der Waals surface area contributed by atoms with E-state index in [4.69, 9.17) is 10.8 Å². The van der Waals surface area contributed by atoms with Crippen LogP contribution in [-0.2, 0) is 13.0 Å². The molecular weight excluding hydrogens is 190 g/mol. The van der Waals surface area contributed by atoms with Crippen molar-refractivity contribution in [3.05, 3.63) is 47.3 Å². The lowest BCUT2D eigenvalue weighted by Gasteiger charge is -1.98. The first kappa shape index (κ1) is 9.73. The van der Waals surface area contributed by atoms with Crippen molar-refractivity contribution in [1.29, 1.82) is 0 Å². The fourth-order valence-corrected chi connectivity index (χ4v) is 1.44. The molecular formula is C11H13N3O. The van der Waals surface area contributed by atoms with E-state index in [1.165, 1.54) is 0 Å². The normalized spacial score (nSPS) is 10.5. The number of nitrogens with one attached hydrogen (secondary N) is 1. The fourth-order valence-electron chi connectivity index (χ4n) is 1.44. The molecule has 1 aromatic heterocycles. The minimum atomic E-state index is 0.283. The zero-order valence-corrected chi connectivity index (χ0v) is 8.27. The maximum absolute atomic E-state index is 9.13. The number of hydrogen-bond acceptors (Lipinski definition) is 3. The van der Waals surface area contributed by atoms with Gasteiger partial charge in [-0.25, -0.2) is 0 Å². The molecule has 2 rings (SSSR count). The Morgan fingerprint density at radius 2 is 2.00 bits per heavy atom. The maximum Gasteiger partial charge on any atom is 0.115 e. The van der Waals surface area contributed by atoms with E-state index in [9.17, 15) is 0 Å². The molecule has 78 valence electrons. The minimum Gasteiger partial charge on any atom is -0.508 e. The molecule has 0 fully saturated rings. The third-order valence-corrected chi connectivity index (χ3v) is 2.22. The second-order valence-corrected chi connectivity index (χ2v) is 3.43. The van der Waals surface area contributed by atoms with Gasteiger partial charge in [-0.1, -0.05) is 12.1 Å². The molecule has 0 atom stereocenters. The standard InChI is InChI=1S/C11H13N3O/c12-7-10-6-9(13-14-10)5-8-1-3-11(15)4-2-8/h1-4,6,15H,5,7,12H2,(H,13,14). The smallest absolute Gasteiger partial charge is 0.115 e. The number of nitrogens with zero attached hydrogens (tertiary/aromatic N) is 1. The Hall–Kier alpha value is -1.81. The van der Waals surface area contributed by atoms with Crippen molar-refractivity contribution in [3.8, 4) is 5.75 Å². The van der Waals surface area contributed by atoms with Gasteiger partial charge in [-0.2, -0.15) is 5.10 Å². The lowest BCUT2D eigenvalue weighted by atomic mass is 10.1. The largest absolute Gasteiger partial charge is 0.508 e. The van der Waals surface area contributed by atoms with Crippen LogP contribution in [0.4, 0.5) is 0 Å². The van der Waals surface area contributed by atoms with Crippen LogP contribution >= 0.6 is 0 Å². The predicted octanol–water partition coefficient (Wildman–Crippen LogP) is 1.16. The number of aromatic amines is 1. The molecule has 0 bridgehead atoms. The second kappa shape index (κ2) is 4.14. The highest BCUT2D eigenvalue weighted by Gasteiger charge is 2.00. The highest BCUT2D eigenvalue weighted by atomic mass is 16.3. The van der Waals surface area contributed by atoms with Crippen molar-refractivity contribution in [3.63, 3.8) is 0 Å². The van der Waals surface area contributed by atoms with Crippen LogP contribution in [0.5, 0.6) is 5.75 Å². The Bertz CT molecular complexity index is 433. The number of aromatic nitrogens is 2. The first-order valence-electron chi connectivity index (χ1n) is 4.79. The molecule has 0 aliphatic rings. The van der Waals surface area contributed by atoms with Crippen molar-refractivity contribution in [2.45, 2.75) is 13.0 Å². The maximum atomic E-state index is 9.13. The molecule has 0 amide bonds. The zero-order valence-electron chi connectivity index (χ0n) is 8.27. The van der Waals surface area contributed by atoms with Crippen molar-refractivity contribution in [2.24, 2.45) is 5.73 Å². The fraction of sp³-hybridized carbons (Fsp3) is 0.182. The van der Waals surface area contributed by atoms with Crippen LogP contribution < -0.4 is 5.73 Å². The number of phenols is 1. The second-order valence-electron chi connectivity index (χ2n) is 3.43. The van der Waals surface area contributed by atoms with Gasteiger partial charge in [-0.05, 0) is 23.8 Å². The van der Waals surface area contributed by atoms with Crippen LogP contribution in [-0.4, -0.2) is 15.3 Å². The monoisotopic (exact) mass is 203 g/mol. The van der Waals surface area contributed by atoms with Gasteiger partial charge in [0.2, 0.25) is 0 Å². The molecule has 0 aliphatic heterocycles. The van der Waals surface area contributed by atoms with Crippen molar-refractivity contribution >= 4 is 0 Å². The molecule has 2 aromatic rings. The van der Waals surface area contributed by atoms with Gasteiger partial charge in [0.1, 0.15) is 5.75 Å². The summed E-state index contributed by atoms with van der Waals surface area (Å²) in [5.74, 6) is 0.283. The van der Waals surface area contributed by atoms with E-state index in [2.05, 4.69) is 10.2 Å². The van der Waals surface area contributed by atoms with Gasteiger partial charge in [0, 0.05) is 18.7 Å². The highest BCUT2D eigenvalue weighted by Crippen LogP contribution is 2.13. The molecule has 0 radical (unpaired) electrons. The van der Waals surface area contributed by atoms with E-state index in [1.807, 2.05) is 18.2 Å². The average Bonchev–Trinajstić information content (AvgIpc) is 2.69. The molecule has 0 unspecified atom stereocenters. The Morgan fingerprint density at radius 3 is 2.60 bits per heavy atom. The quantitative estimate of drug-likeness (QED) is 0.700. The summed E-state index contributed by atoms with van der Waals surface area (Å²) in [6.45, 7) is 0.450. The van der Waals surface area contributed by atoms with Crippen molar-refractivity contribution in [1.82, 2.24) is 10.2 Å². The van der Waals surface area contributed by atoms with E-state index in [0.29, 0.717) is 6.54 Å². The van der Waals surface area contributed by atoms with Gasteiger partial charge in [0.05, 0.1) is 5.69 Å². The number of hydrogen-bond donors (Lipinski definition) is 3. The molecule has 1 aromatic carbocycles. The van der Waals surface area contributed by atoms with Crippen LogP contribution in [0.1, 0.15) is 17.0 Å². The highest BCUT2D eigenvalue weighted by molar-refractivity contribution is 5.28. The SMILES string of the molecule is NCc1cc(Cc2ccc(O)cc2)[nH]n1. The first-order chi connectivity index (χ1) is 7.28. The third kappa shape index (κ3) is 2.35. The topological polar surface area (TPSA) is 74.9 Å². The zero-order chi connectivity index (χ0) is 10.7. The third-order valence-electron chi connectivity index (χ3n) is 2.22. The predicted molar refractivity (Wildman–Crippen MR) is 57.4 cm³/mol. The summed E-state index contributed by atoms with van der Waals surface area (Å²) >= 11 is 0. The van der Waals surface area contributed by atoms with Crippen LogP contribution in [0.3, 0.4) is 0 Å². The van der Waals surface area contributed by atoms with Crippen LogP contribution in [0.2, 0.25) is 0 Å². The Labute approximate surface area is 87.7 Å². The average molecular weight is 203 g/mol. The molecule has 0 aliphatic carbocycles. The summed E-state index contributed by atoms with van der Waals surface area (Å²) in [4.78, 5) is 0. The van der Waals surface area contributed by atoms with E-state index in [0.717, 1.165) is 23.4 Å². The van der Waals surface area contributed by atoms with Crippen LogP contribution in [0.25, 0.3) is 0 Å². The Balaban J connectivity index is 2.11. The van der Waals surface area contributed by atoms with Crippen molar-refractivity contribution < 1.29 is 5.11 Å². The number of rotatable bonds is 3. The lowest BCUT2D eigenvalue weighted by Crippen LogP contribution is -1.95. The van der Waals surface area contributed by atoms with E-state index in [1.54, 1.807) is 12.1 Å². The van der Waals surface area contributed by atoms with Crippen molar-refractivity contribution in [2.75, 3.05) is 0 Å². The molecule has 15 heavy (non-hydrogen) atoms. The van der Waals surface area contributed by atoms with Gasteiger partial charge in [0.15, 0.2) is 0 Å². The summed E-state index contributed by atoms with van der Waals surface area (Å²) in [6, 6.07) is 9.08. The number of nitrogens with two attached hydrogens (primary N) is 1. The summed E-state index contributed by atoms with van der Waals surface area (Å²) in [7, 11) is 0. The van der Waals surface area contributed by atoms with Gasteiger partial charge >= 0.3 is 0 Å². The number of aromatic hydroxyl groups is 1. The van der Waals surface area contributed by atoms with Crippen LogP contribution in [0.15, 0.2) is 30.3 Å². The molecule has 0 saturated heterocycles. The molecule has 4 heteroatoms. The van der Waals surface area contributed by atoms with Gasteiger partial charge in [0.25, 0.3) is 0 Å². The van der Waals surface area contributed by atoms with E-state index < -0.39 is 0 Å². The summed E-state index contributed by atoms with van der Waals surface area (Å²) in [5.41, 5.74) is 8.48. The van der Waals surface area contributed by atoms with Crippen LogP contribution in [0, 0.1) is 0 Å². The Kier molecular flexibility index (Phi) is 2.69. The van der Waals surface area contributed by atoms with Gasteiger partial charge in [-0.3, -0.25) is 5.10 Å².